The van der Waals surface area contributed by atoms with E-state index < -0.39 is 0 Å². The van der Waals surface area contributed by atoms with Crippen molar-refractivity contribution in [1.29, 1.82) is 0 Å². The van der Waals surface area contributed by atoms with Gasteiger partial charge in [0.15, 0.2) is 0 Å². The molecule has 0 amide bonds. The van der Waals surface area contributed by atoms with Gasteiger partial charge in [-0.05, 0) is 26.0 Å². The van der Waals surface area contributed by atoms with Crippen LogP contribution in [0.15, 0.2) is 30.6 Å². The Bertz CT molecular complexity index is 734. The lowest BCUT2D eigenvalue weighted by Crippen LogP contribution is -2.07. The van der Waals surface area contributed by atoms with Gasteiger partial charge in [0, 0.05) is 6.07 Å². The second-order valence-electron chi connectivity index (χ2n) is 4.90. The van der Waals surface area contributed by atoms with E-state index >= 15 is 0 Å². The third-order valence-corrected chi connectivity index (χ3v) is 3.00. The molecule has 0 fully saturated rings. The number of aromatic amines is 1. The van der Waals surface area contributed by atoms with E-state index in [0.29, 0.717) is 0 Å². The first-order valence-electron chi connectivity index (χ1n) is 6.69. The van der Waals surface area contributed by atoms with Crippen LogP contribution in [-0.4, -0.2) is 33.4 Å². The molecule has 0 spiro atoms. The highest BCUT2D eigenvalue weighted by atomic mass is 16.5. The summed E-state index contributed by atoms with van der Waals surface area (Å²) in [6.45, 7) is 3.96. The number of hydrogen-bond donors (Lipinski definition) is 1. The molecule has 0 aliphatic heterocycles. The van der Waals surface area contributed by atoms with Crippen LogP contribution in [0.1, 0.15) is 13.8 Å². The van der Waals surface area contributed by atoms with Gasteiger partial charge in [0.05, 0.1) is 36.7 Å². The molecule has 1 N–H and O–H groups in total. The average Bonchev–Trinajstić information content (AvgIpc) is 2.90. The minimum absolute atomic E-state index is 0.0589. The largest absolute Gasteiger partial charge is 0.497 e. The van der Waals surface area contributed by atoms with Crippen molar-refractivity contribution in [3.05, 3.63) is 30.6 Å². The lowest BCUT2D eigenvalue weighted by Gasteiger charge is -2.14. The lowest BCUT2D eigenvalue weighted by atomic mass is 10.1. The Hall–Kier alpha value is -2.63. The van der Waals surface area contributed by atoms with E-state index in [1.54, 1.807) is 19.5 Å². The first-order chi connectivity index (χ1) is 10.2. The molecule has 2 aromatic heterocycles. The molecule has 1 aromatic carbocycles. The van der Waals surface area contributed by atoms with Gasteiger partial charge in [0.1, 0.15) is 22.8 Å². The van der Waals surface area contributed by atoms with E-state index in [9.17, 15) is 0 Å². The Morgan fingerprint density at radius 1 is 1.14 bits per heavy atom. The van der Waals surface area contributed by atoms with E-state index in [1.165, 1.54) is 0 Å². The van der Waals surface area contributed by atoms with Gasteiger partial charge >= 0.3 is 0 Å². The zero-order chi connectivity index (χ0) is 14.8. The number of hydrogen-bond acceptors (Lipinski definition) is 5. The molecule has 0 radical (unpaired) electrons. The third-order valence-electron chi connectivity index (χ3n) is 3.00. The normalized spacial score (nSPS) is 11.0. The van der Waals surface area contributed by atoms with Crippen molar-refractivity contribution in [1.82, 2.24) is 20.2 Å². The molecule has 6 nitrogen and oxygen atoms in total. The van der Waals surface area contributed by atoms with Gasteiger partial charge in [-0.3, -0.25) is 0 Å². The summed E-state index contributed by atoms with van der Waals surface area (Å²) in [6.07, 6.45) is 3.34. The van der Waals surface area contributed by atoms with Crippen molar-refractivity contribution < 1.29 is 9.47 Å². The van der Waals surface area contributed by atoms with Crippen LogP contribution in [0.2, 0.25) is 0 Å². The summed E-state index contributed by atoms with van der Waals surface area (Å²) in [5, 5.41) is 7.68. The molecule has 0 unspecified atom stereocenters. The van der Waals surface area contributed by atoms with E-state index in [-0.39, 0.29) is 6.10 Å². The molecule has 2 heterocycles. The number of rotatable bonds is 4. The number of nitrogens with zero attached hydrogens (tertiary/aromatic N) is 3. The van der Waals surface area contributed by atoms with Crippen molar-refractivity contribution in [2.45, 2.75) is 20.0 Å². The van der Waals surface area contributed by atoms with Gasteiger partial charge in [0.25, 0.3) is 0 Å². The predicted octanol–water partition coefficient (Wildman–Crippen LogP) is 2.82. The molecule has 0 saturated carbocycles. The maximum atomic E-state index is 5.87. The number of H-pyrrole nitrogens is 1. The van der Waals surface area contributed by atoms with E-state index in [1.807, 2.05) is 32.0 Å². The van der Waals surface area contributed by atoms with E-state index in [4.69, 9.17) is 9.47 Å². The molecule has 6 heteroatoms. The predicted molar refractivity (Wildman–Crippen MR) is 79.4 cm³/mol. The molecule has 3 rings (SSSR count). The number of fused-ring (bicyclic) bond motifs is 1. The number of methoxy groups -OCH3 is 1. The van der Waals surface area contributed by atoms with Crippen LogP contribution in [-0.2, 0) is 0 Å². The molecule has 0 atom stereocenters. The summed E-state index contributed by atoms with van der Waals surface area (Å²) >= 11 is 0. The van der Waals surface area contributed by atoms with Crippen molar-refractivity contribution in [2.75, 3.05) is 7.11 Å². The fraction of sp³-hybridized carbons (Fsp3) is 0.267. The minimum atomic E-state index is 0.0589. The van der Waals surface area contributed by atoms with Crippen molar-refractivity contribution in [2.24, 2.45) is 0 Å². The van der Waals surface area contributed by atoms with Crippen LogP contribution >= 0.6 is 0 Å². The number of ether oxygens (including phenoxy) is 2. The smallest absolute Gasteiger partial charge is 0.142 e. The molecule has 0 aliphatic rings. The first kappa shape index (κ1) is 13.4. The topological polar surface area (TPSA) is 72.9 Å². The minimum Gasteiger partial charge on any atom is -0.497 e. The zero-order valence-corrected chi connectivity index (χ0v) is 12.1. The van der Waals surface area contributed by atoms with Crippen LogP contribution in [0, 0.1) is 0 Å². The van der Waals surface area contributed by atoms with Gasteiger partial charge in [-0.1, -0.05) is 0 Å². The van der Waals surface area contributed by atoms with Crippen molar-refractivity contribution >= 4 is 11.0 Å². The molecule has 0 bridgehead atoms. The fourth-order valence-corrected chi connectivity index (χ4v) is 2.08. The van der Waals surface area contributed by atoms with E-state index in [2.05, 4.69) is 20.2 Å². The van der Waals surface area contributed by atoms with Gasteiger partial charge < -0.3 is 14.5 Å². The van der Waals surface area contributed by atoms with Crippen LogP contribution in [0.5, 0.6) is 11.5 Å². The molecular weight excluding hydrogens is 268 g/mol. The SMILES string of the molecule is COc1ccc(-c2nc3cnncc3[nH]2)c(OC(C)C)c1. The Labute approximate surface area is 122 Å². The molecule has 0 aliphatic carbocycles. The number of imidazole rings is 1. The number of nitrogens with one attached hydrogen (secondary N) is 1. The van der Waals surface area contributed by atoms with Crippen molar-refractivity contribution in [3.63, 3.8) is 0 Å². The van der Waals surface area contributed by atoms with Gasteiger partial charge in [-0.2, -0.15) is 10.2 Å². The van der Waals surface area contributed by atoms with Gasteiger partial charge in [-0.25, -0.2) is 4.98 Å². The maximum absolute atomic E-state index is 5.87. The second kappa shape index (κ2) is 5.40. The van der Waals surface area contributed by atoms with Crippen LogP contribution < -0.4 is 9.47 Å². The highest BCUT2D eigenvalue weighted by molar-refractivity contribution is 5.79. The van der Waals surface area contributed by atoms with Gasteiger partial charge in [-0.15, -0.1) is 0 Å². The quantitative estimate of drug-likeness (QED) is 0.797. The zero-order valence-electron chi connectivity index (χ0n) is 12.1. The van der Waals surface area contributed by atoms with Gasteiger partial charge in [0.2, 0.25) is 0 Å². The fourth-order valence-electron chi connectivity index (χ4n) is 2.08. The summed E-state index contributed by atoms with van der Waals surface area (Å²) in [5.41, 5.74) is 2.48. The van der Waals surface area contributed by atoms with Crippen LogP contribution in [0.4, 0.5) is 0 Å². The Morgan fingerprint density at radius 2 is 1.95 bits per heavy atom. The summed E-state index contributed by atoms with van der Waals surface area (Å²) in [5.74, 6) is 2.19. The maximum Gasteiger partial charge on any atom is 0.142 e. The van der Waals surface area contributed by atoms with E-state index in [0.717, 1.165) is 33.9 Å². The number of aromatic nitrogens is 4. The summed E-state index contributed by atoms with van der Waals surface area (Å²) in [7, 11) is 1.63. The molecule has 108 valence electrons. The van der Waals surface area contributed by atoms with Crippen LogP contribution in [0.25, 0.3) is 22.4 Å². The monoisotopic (exact) mass is 284 g/mol. The molecule has 21 heavy (non-hydrogen) atoms. The third kappa shape index (κ3) is 2.65. The summed E-state index contributed by atoms with van der Waals surface area (Å²) in [6, 6.07) is 5.67. The first-order valence-corrected chi connectivity index (χ1v) is 6.69. The Balaban J connectivity index is 2.11. The standard InChI is InChI=1S/C15H16N4O2/c1-9(2)21-14-6-10(20-3)4-5-11(14)15-18-12-7-16-17-8-13(12)19-15/h4-9H,1-3H3,(H,18,19). The molecule has 0 saturated heterocycles. The van der Waals surface area contributed by atoms with Crippen LogP contribution in [0.3, 0.4) is 0 Å². The number of benzene rings is 1. The summed E-state index contributed by atoms with van der Waals surface area (Å²) in [4.78, 5) is 7.76. The lowest BCUT2D eigenvalue weighted by molar-refractivity contribution is 0.242. The average molecular weight is 284 g/mol. The van der Waals surface area contributed by atoms with Crippen molar-refractivity contribution in [3.8, 4) is 22.9 Å². The Morgan fingerprint density at radius 3 is 2.67 bits per heavy atom. The Kier molecular flexibility index (Phi) is 3.43. The molecule has 3 aromatic rings. The molecular formula is C15H16N4O2. The second-order valence-corrected chi connectivity index (χ2v) is 4.90. The highest BCUT2D eigenvalue weighted by Gasteiger charge is 2.13. The highest BCUT2D eigenvalue weighted by Crippen LogP contribution is 2.33. The summed E-state index contributed by atoms with van der Waals surface area (Å²) < 4.78 is 11.1.